The molecule has 4 nitrogen and oxygen atoms in total. The second-order valence-corrected chi connectivity index (χ2v) is 5.67. The van der Waals surface area contributed by atoms with Gasteiger partial charge >= 0.3 is 0 Å². The molecule has 0 heterocycles. The maximum atomic E-state index is 12.1. The third-order valence-corrected chi connectivity index (χ3v) is 4.12. The average Bonchev–Trinajstić information content (AvgIpc) is 2.89. The van der Waals surface area contributed by atoms with Crippen LogP contribution in [0.5, 0.6) is 5.75 Å². The van der Waals surface area contributed by atoms with E-state index in [2.05, 4.69) is 11.4 Å². The number of hydrogen-bond acceptors (Lipinski definition) is 3. The highest BCUT2D eigenvalue weighted by atomic mass is 35.5. The molecule has 1 aromatic rings. The fourth-order valence-corrected chi connectivity index (χ4v) is 2.75. The number of methoxy groups -OCH3 is 1. The lowest BCUT2D eigenvalue weighted by molar-refractivity contribution is -0.126. The highest BCUT2D eigenvalue weighted by Crippen LogP contribution is 2.27. The molecule has 0 unspecified atom stereocenters. The van der Waals surface area contributed by atoms with Crippen LogP contribution in [0.2, 0.25) is 0 Å². The van der Waals surface area contributed by atoms with Gasteiger partial charge in [-0.25, -0.2) is 0 Å². The van der Waals surface area contributed by atoms with Crippen molar-refractivity contribution in [1.29, 1.82) is 0 Å². The molecule has 1 fully saturated rings. The van der Waals surface area contributed by atoms with Crippen molar-refractivity contribution in [3.63, 3.8) is 0 Å². The Labute approximate surface area is 132 Å². The van der Waals surface area contributed by atoms with Crippen LogP contribution in [-0.4, -0.2) is 25.1 Å². The molecule has 3 N–H and O–H groups in total. The van der Waals surface area contributed by atoms with Crippen LogP contribution >= 0.6 is 12.4 Å². The summed E-state index contributed by atoms with van der Waals surface area (Å²) >= 11 is 0. The smallest absolute Gasteiger partial charge is 0.240 e. The van der Waals surface area contributed by atoms with Gasteiger partial charge in [-0.15, -0.1) is 12.4 Å². The number of benzene rings is 1. The van der Waals surface area contributed by atoms with Crippen LogP contribution in [0.3, 0.4) is 0 Å². The van der Waals surface area contributed by atoms with Crippen LogP contribution in [0.1, 0.15) is 36.8 Å². The number of nitrogens with two attached hydrogens (primary N) is 1. The molecule has 118 valence electrons. The van der Waals surface area contributed by atoms with Gasteiger partial charge in [0.05, 0.1) is 12.6 Å². The second-order valence-electron chi connectivity index (χ2n) is 5.67. The third-order valence-electron chi connectivity index (χ3n) is 4.12. The number of carbonyl (C=O) groups is 1. The van der Waals surface area contributed by atoms with Gasteiger partial charge in [-0.3, -0.25) is 4.79 Å². The predicted octanol–water partition coefficient (Wildman–Crippen LogP) is 2.36. The number of ether oxygens (including phenoxy) is 1. The minimum Gasteiger partial charge on any atom is -0.496 e. The van der Waals surface area contributed by atoms with Crippen LogP contribution < -0.4 is 15.8 Å². The first-order valence-electron chi connectivity index (χ1n) is 7.26. The normalized spacial score (nSPS) is 16.1. The maximum absolute atomic E-state index is 12.1. The lowest BCUT2D eigenvalue weighted by Gasteiger charge is -2.22. The van der Waals surface area contributed by atoms with Gasteiger partial charge in [0.2, 0.25) is 5.91 Å². The summed E-state index contributed by atoms with van der Waals surface area (Å²) in [5.74, 6) is 0.883. The lowest BCUT2D eigenvalue weighted by atomic mass is 9.98. The van der Waals surface area contributed by atoms with E-state index in [1.165, 1.54) is 0 Å². The van der Waals surface area contributed by atoms with Crippen molar-refractivity contribution in [3.05, 3.63) is 29.3 Å². The molecular formula is C16H25ClN2O2. The monoisotopic (exact) mass is 312 g/mol. The molecule has 1 aliphatic carbocycles. The van der Waals surface area contributed by atoms with Gasteiger partial charge in [-0.2, -0.15) is 0 Å². The molecule has 0 aliphatic heterocycles. The standard InChI is InChI=1S/C16H24N2O2.ClH/c1-12-5-6-13(11-14(12)20-2)7-10-18-15(19)16(17)8-3-4-9-16;/h5-6,11H,3-4,7-10,17H2,1-2H3,(H,18,19);1H. The zero-order chi connectivity index (χ0) is 14.6. The first-order valence-corrected chi connectivity index (χ1v) is 7.26. The van der Waals surface area contributed by atoms with E-state index in [9.17, 15) is 4.79 Å². The number of carbonyl (C=O) groups excluding carboxylic acids is 1. The Balaban J connectivity index is 0.00000220. The molecule has 1 amide bonds. The van der Waals surface area contributed by atoms with Gasteiger partial charge < -0.3 is 15.8 Å². The molecule has 0 saturated heterocycles. The molecule has 1 aliphatic rings. The van der Waals surface area contributed by atoms with E-state index in [-0.39, 0.29) is 18.3 Å². The van der Waals surface area contributed by atoms with Gasteiger partial charge in [0.25, 0.3) is 0 Å². The fraction of sp³-hybridized carbons (Fsp3) is 0.562. The Bertz CT molecular complexity index is 485. The van der Waals surface area contributed by atoms with E-state index >= 15 is 0 Å². The van der Waals surface area contributed by atoms with E-state index in [1.54, 1.807) is 7.11 Å². The molecule has 0 aromatic heterocycles. The second kappa shape index (κ2) is 7.66. The summed E-state index contributed by atoms with van der Waals surface area (Å²) in [5.41, 5.74) is 7.76. The first kappa shape index (κ1) is 17.8. The summed E-state index contributed by atoms with van der Waals surface area (Å²) < 4.78 is 5.30. The predicted molar refractivity (Wildman–Crippen MR) is 87.1 cm³/mol. The minimum atomic E-state index is -0.634. The largest absolute Gasteiger partial charge is 0.496 e. The van der Waals surface area contributed by atoms with Crippen LogP contribution in [0.4, 0.5) is 0 Å². The maximum Gasteiger partial charge on any atom is 0.240 e. The fourth-order valence-electron chi connectivity index (χ4n) is 2.75. The molecule has 2 rings (SSSR count). The number of amides is 1. The van der Waals surface area contributed by atoms with E-state index in [1.807, 2.05) is 19.1 Å². The van der Waals surface area contributed by atoms with E-state index in [0.717, 1.165) is 49.0 Å². The van der Waals surface area contributed by atoms with Gasteiger partial charge in [0.1, 0.15) is 5.75 Å². The number of halogens is 1. The molecule has 0 atom stereocenters. The van der Waals surface area contributed by atoms with Crippen molar-refractivity contribution in [3.8, 4) is 5.75 Å². The van der Waals surface area contributed by atoms with Gasteiger partial charge in [-0.1, -0.05) is 25.0 Å². The summed E-state index contributed by atoms with van der Waals surface area (Å²) in [5, 5.41) is 2.96. The topological polar surface area (TPSA) is 64.3 Å². The molecule has 0 spiro atoms. The van der Waals surface area contributed by atoms with Crippen molar-refractivity contribution < 1.29 is 9.53 Å². The zero-order valence-electron chi connectivity index (χ0n) is 12.8. The number of hydrogen-bond donors (Lipinski definition) is 2. The highest BCUT2D eigenvalue weighted by Gasteiger charge is 2.36. The molecule has 21 heavy (non-hydrogen) atoms. The molecule has 5 heteroatoms. The number of rotatable bonds is 5. The van der Waals surface area contributed by atoms with E-state index in [0.29, 0.717) is 6.54 Å². The van der Waals surface area contributed by atoms with Crippen molar-refractivity contribution in [2.24, 2.45) is 5.73 Å². The Morgan fingerprint density at radius 2 is 2.05 bits per heavy atom. The molecule has 1 saturated carbocycles. The first-order chi connectivity index (χ1) is 9.55. The number of nitrogens with one attached hydrogen (secondary N) is 1. The lowest BCUT2D eigenvalue weighted by Crippen LogP contribution is -2.52. The molecule has 0 radical (unpaired) electrons. The molecular weight excluding hydrogens is 288 g/mol. The van der Waals surface area contributed by atoms with Crippen LogP contribution in [0, 0.1) is 6.92 Å². The van der Waals surface area contributed by atoms with Crippen LogP contribution in [0.15, 0.2) is 18.2 Å². The van der Waals surface area contributed by atoms with Crippen molar-refractivity contribution in [2.75, 3.05) is 13.7 Å². The van der Waals surface area contributed by atoms with Crippen LogP contribution in [0.25, 0.3) is 0 Å². The third kappa shape index (κ3) is 4.35. The van der Waals surface area contributed by atoms with Crippen LogP contribution in [-0.2, 0) is 11.2 Å². The van der Waals surface area contributed by atoms with Crippen molar-refractivity contribution in [2.45, 2.75) is 44.6 Å². The SMILES string of the molecule is COc1cc(CCNC(=O)C2(N)CCCC2)ccc1C.Cl. The van der Waals surface area contributed by atoms with Gasteiger partial charge in [-0.05, 0) is 43.4 Å². The minimum absolute atomic E-state index is 0. The quantitative estimate of drug-likeness (QED) is 0.877. The summed E-state index contributed by atoms with van der Waals surface area (Å²) in [7, 11) is 1.67. The molecule has 1 aromatic carbocycles. The van der Waals surface area contributed by atoms with Crippen molar-refractivity contribution >= 4 is 18.3 Å². The van der Waals surface area contributed by atoms with Gasteiger partial charge in [0, 0.05) is 6.54 Å². The zero-order valence-corrected chi connectivity index (χ0v) is 13.6. The van der Waals surface area contributed by atoms with E-state index < -0.39 is 5.54 Å². The Morgan fingerprint density at radius 3 is 2.67 bits per heavy atom. The summed E-state index contributed by atoms with van der Waals surface area (Å²) in [6.07, 6.45) is 4.50. The summed E-state index contributed by atoms with van der Waals surface area (Å²) in [4.78, 5) is 12.1. The Hall–Kier alpha value is -1.26. The number of aryl methyl sites for hydroxylation is 1. The average molecular weight is 313 g/mol. The summed E-state index contributed by atoms with van der Waals surface area (Å²) in [6.45, 7) is 2.63. The highest BCUT2D eigenvalue weighted by molar-refractivity contribution is 5.86. The van der Waals surface area contributed by atoms with E-state index in [4.69, 9.17) is 10.5 Å². The molecule has 0 bridgehead atoms. The Kier molecular flexibility index (Phi) is 6.49. The van der Waals surface area contributed by atoms with Gasteiger partial charge in [0.15, 0.2) is 0 Å². The summed E-state index contributed by atoms with van der Waals surface area (Å²) in [6, 6.07) is 6.13. The van der Waals surface area contributed by atoms with Crippen molar-refractivity contribution in [1.82, 2.24) is 5.32 Å². The Morgan fingerprint density at radius 1 is 1.38 bits per heavy atom.